The predicted octanol–water partition coefficient (Wildman–Crippen LogP) is 3.24. The van der Waals surface area contributed by atoms with Gasteiger partial charge in [0.25, 0.3) is 6.29 Å². The molecule has 0 aliphatic rings. The van der Waals surface area contributed by atoms with E-state index in [9.17, 15) is 19.5 Å². The minimum absolute atomic E-state index is 0.132. The Balaban J connectivity index is 2.60. The Morgan fingerprint density at radius 2 is 1.92 bits per heavy atom. The van der Waals surface area contributed by atoms with Gasteiger partial charge in [-0.25, -0.2) is 4.79 Å². The van der Waals surface area contributed by atoms with Crippen molar-refractivity contribution in [3.8, 4) is 0 Å². The molecule has 0 heterocycles. The van der Waals surface area contributed by atoms with Crippen molar-refractivity contribution in [1.29, 1.82) is 0 Å². The van der Waals surface area contributed by atoms with E-state index < -0.39 is 30.2 Å². The second kappa shape index (κ2) is 10.7. The van der Waals surface area contributed by atoms with Crippen molar-refractivity contribution in [3.05, 3.63) is 34.9 Å². The molecular formula is C18H24ClNO6. The number of carboxylic acids is 1. The number of alkyl carbamates (subject to hydrolysis) is 1. The summed E-state index contributed by atoms with van der Waals surface area (Å²) in [4.78, 5) is 34.7. The van der Waals surface area contributed by atoms with E-state index in [0.29, 0.717) is 5.02 Å². The Labute approximate surface area is 157 Å². The van der Waals surface area contributed by atoms with Crippen LogP contribution in [-0.4, -0.2) is 36.0 Å². The fourth-order valence-electron chi connectivity index (χ4n) is 2.06. The summed E-state index contributed by atoms with van der Waals surface area (Å²) < 4.78 is 10.1. The van der Waals surface area contributed by atoms with Crippen molar-refractivity contribution in [2.75, 3.05) is 6.54 Å². The van der Waals surface area contributed by atoms with Crippen molar-refractivity contribution in [1.82, 2.24) is 5.32 Å². The zero-order chi connectivity index (χ0) is 19.7. The number of esters is 1. The third-order valence-electron chi connectivity index (χ3n) is 3.52. The number of hydrogen-bond acceptors (Lipinski definition) is 5. The first-order valence-electron chi connectivity index (χ1n) is 8.34. The molecule has 26 heavy (non-hydrogen) atoms. The highest BCUT2D eigenvalue weighted by Gasteiger charge is 2.24. The van der Waals surface area contributed by atoms with Crippen LogP contribution in [0.4, 0.5) is 4.79 Å². The smallest absolute Gasteiger partial charge is 0.410 e. The van der Waals surface area contributed by atoms with Crippen LogP contribution in [0.1, 0.15) is 32.8 Å². The molecule has 144 valence electrons. The molecule has 0 unspecified atom stereocenters. The van der Waals surface area contributed by atoms with Gasteiger partial charge in [-0.3, -0.25) is 9.59 Å². The molecule has 8 heteroatoms. The van der Waals surface area contributed by atoms with Crippen molar-refractivity contribution >= 4 is 29.6 Å². The van der Waals surface area contributed by atoms with Crippen molar-refractivity contribution in [2.24, 2.45) is 11.8 Å². The maximum atomic E-state index is 11.9. The zero-order valence-corrected chi connectivity index (χ0v) is 15.8. The molecule has 0 saturated carbocycles. The predicted molar refractivity (Wildman–Crippen MR) is 95.8 cm³/mol. The number of carbonyl (C=O) groups excluding carboxylic acids is 2. The normalized spacial score (nSPS) is 13.0. The van der Waals surface area contributed by atoms with Gasteiger partial charge < -0.3 is 19.9 Å². The molecule has 2 atom stereocenters. The average Bonchev–Trinajstić information content (AvgIpc) is 2.57. The van der Waals surface area contributed by atoms with E-state index in [1.54, 1.807) is 45.0 Å². The van der Waals surface area contributed by atoms with Crippen molar-refractivity contribution in [3.63, 3.8) is 0 Å². The third kappa shape index (κ3) is 7.74. The van der Waals surface area contributed by atoms with Gasteiger partial charge in [0.15, 0.2) is 0 Å². The zero-order valence-electron chi connectivity index (χ0n) is 15.0. The van der Waals surface area contributed by atoms with Gasteiger partial charge in [-0.05, 0) is 24.1 Å². The van der Waals surface area contributed by atoms with E-state index in [1.165, 1.54) is 0 Å². The summed E-state index contributed by atoms with van der Waals surface area (Å²) in [6, 6.07) is 6.86. The van der Waals surface area contributed by atoms with Gasteiger partial charge in [0.1, 0.15) is 0 Å². The van der Waals surface area contributed by atoms with Crippen LogP contribution in [0, 0.1) is 11.8 Å². The summed E-state index contributed by atoms with van der Waals surface area (Å²) >= 11 is 5.90. The molecular weight excluding hydrogens is 362 g/mol. The van der Waals surface area contributed by atoms with Gasteiger partial charge in [0, 0.05) is 23.9 Å². The highest BCUT2D eigenvalue weighted by atomic mass is 35.5. The fraction of sp³-hybridized carbons (Fsp3) is 0.500. The Bertz CT molecular complexity index is 634. The first kappa shape index (κ1) is 21.8. The molecule has 0 fully saturated rings. The Kier molecular flexibility index (Phi) is 8.92. The minimum Gasteiger partial charge on any atom is -0.481 e. The van der Waals surface area contributed by atoms with Gasteiger partial charge in [-0.2, -0.15) is 0 Å². The number of halogens is 1. The monoisotopic (exact) mass is 385 g/mol. The minimum atomic E-state index is -1.05. The molecule has 1 aromatic rings. The molecule has 0 bridgehead atoms. The van der Waals surface area contributed by atoms with Crippen LogP contribution < -0.4 is 5.32 Å². The van der Waals surface area contributed by atoms with Crippen LogP contribution in [0.5, 0.6) is 0 Å². The number of hydrogen-bond donors (Lipinski definition) is 2. The highest BCUT2D eigenvalue weighted by Crippen LogP contribution is 2.15. The molecule has 0 spiro atoms. The number of benzene rings is 1. The number of amides is 1. The molecule has 0 radical (unpaired) electrons. The lowest BCUT2D eigenvalue weighted by Crippen LogP contribution is -2.38. The maximum absolute atomic E-state index is 11.9. The summed E-state index contributed by atoms with van der Waals surface area (Å²) in [5, 5.41) is 12.3. The highest BCUT2D eigenvalue weighted by molar-refractivity contribution is 6.30. The number of carboxylic acid groups (broad SMARTS) is 1. The van der Waals surface area contributed by atoms with E-state index in [2.05, 4.69) is 5.32 Å². The Morgan fingerprint density at radius 3 is 2.46 bits per heavy atom. The fourth-order valence-corrected chi connectivity index (χ4v) is 2.27. The lowest BCUT2D eigenvalue weighted by Gasteiger charge is -2.22. The van der Waals surface area contributed by atoms with Crippen molar-refractivity contribution < 1.29 is 29.0 Å². The first-order valence-corrected chi connectivity index (χ1v) is 8.71. The molecule has 7 nitrogen and oxygen atoms in total. The first-order chi connectivity index (χ1) is 12.2. The number of rotatable bonds is 9. The summed E-state index contributed by atoms with van der Waals surface area (Å²) in [5.74, 6) is -2.63. The molecule has 0 aliphatic carbocycles. The van der Waals surface area contributed by atoms with Gasteiger partial charge >= 0.3 is 18.0 Å². The number of aliphatic carboxylic acids is 1. The largest absolute Gasteiger partial charge is 0.481 e. The molecule has 1 rings (SSSR count). The van der Waals surface area contributed by atoms with Gasteiger partial charge in [0.2, 0.25) is 0 Å². The van der Waals surface area contributed by atoms with Crippen LogP contribution in [0.2, 0.25) is 5.02 Å². The van der Waals surface area contributed by atoms with Crippen LogP contribution >= 0.6 is 11.6 Å². The Morgan fingerprint density at radius 1 is 1.23 bits per heavy atom. The topological polar surface area (TPSA) is 102 Å². The third-order valence-corrected chi connectivity index (χ3v) is 3.75. The van der Waals surface area contributed by atoms with Gasteiger partial charge in [-0.15, -0.1) is 0 Å². The van der Waals surface area contributed by atoms with E-state index >= 15 is 0 Å². The van der Waals surface area contributed by atoms with E-state index in [1.807, 2.05) is 0 Å². The number of ether oxygens (including phenoxy) is 2. The quantitative estimate of drug-likeness (QED) is 0.499. The lowest BCUT2D eigenvalue weighted by atomic mass is 9.99. The summed E-state index contributed by atoms with van der Waals surface area (Å²) in [5.41, 5.74) is 0.747. The van der Waals surface area contributed by atoms with Gasteiger partial charge in [-0.1, -0.05) is 44.5 Å². The molecule has 0 aromatic heterocycles. The molecule has 1 aromatic carbocycles. The Hall–Kier alpha value is -2.28. The summed E-state index contributed by atoms with van der Waals surface area (Å²) in [6.07, 6.45) is -1.51. The maximum Gasteiger partial charge on any atom is 0.410 e. The second-order valence-electron chi connectivity index (χ2n) is 6.11. The van der Waals surface area contributed by atoms with E-state index in [0.717, 1.165) is 5.56 Å². The standard InChI is InChI=1S/C18H24ClNO6/c1-4-15(21)25-17(11(2)3)26-18(24)20-10-13(16(22)23)8-12-6-5-7-14(19)9-12/h5-7,9,11,13,17H,4,8,10H2,1-3H3,(H,20,24)(H,22,23)/t13-,17+/m0/s1. The molecule has 1 amide bonds. The molecule has 0 aliphatic heterocycles. The van der Waals surface area contributed by atoms with Gasteiger partial charge in [0.05, 0.1) is 5.92 Å². The average molecular weight is 386 g/mol. The van der Waals surface area contributed by atoms with E-state index in [4.69, 9.17) is 21.1 Å². The van der Waals surface area contributed by atoms with Crippen molar-refractivity contribution in [2.45, 2.75) is 39.9 Å². The number of carbonyl (C=O) groups is 3. The SMILES string of the molecule is CCC(=O)O[C@H](OC(=O)NC[C@H](Cc1cccc(Cl)c1)C(=O)O)C(C)C. The van der Waals surface area contributed by atoms with Crippen LogP contribution in [0.3, 0.4) is 0 Å². The van der Waals surface area contributed by atoms with Crippen LogP contribution in [0.25, 0.3) is 0 Å². The van der Waals surface area contributed by atoms with Crippen LogP contribution in [0.15, 0.2) is 24.3 Å². The number of nitrogens with one attached hydrogen (secondary N) is 1. The molecule has 2 N–H and O–H groups in total. The van der Waals surface area contributed by atoms with E-state index in [-0.39, 0.29) is 25.3 Å². The van der Waals surface area contributed by atoms with Crippen LogP contribution in [-0.2, 0) is 25.5 Å². The summed E-state index contributed by atoms with van der Waals surface area (Å²) in [6.45, 7) is 4.97. The summed E-state index contributed by atoms with van der Waals surface area (Å²) in [7, 11) is 0. The molecule has 0 saturated heterocycles. The lowest BCUT2D eigenvalue weighted by molar-refractivity contribution is -0.174. The second-order valence-corrected chi connectivity index (χ2v) is 6.55.